The highest BCUT2D eigenvalue weighted by Crippen LogP contribution is 2.39. The summed E-state index contributed by atoms with van der Waals surface area (Å²) in [5.41, 5.74) is 0. The number of rotatable bonds is 5. The van der Waals surface area contributed by atoms with E-state index in [-0.39, 0.29) is 17.4 Å². The zero-order valence-electron chi connectivity index (χ0n) is 22.3. The molecule has 5 N–H and O–H groups in total. The third-order valence-corrected chi connectivity index (χ3v) is 10.3. The molecule has 0 amide bonds. The molecule has 13 heteroatoms. The highest BCUT2D eigenvalue weighted by molar-refractivity contribution is 6.74. The lowest BCUT2D eigenvalue weighted by molar-refractivity contribution is -0.163. The topological polar surface area (TPSA) is 181 Å². The summed E-state index contributed by atoms with van der Waals surface area (Å²) in [7, 11) is -2.29. The molecule has 0 spiro atoms. The lowest BCUT2D eigenvalue weighted by atomic mass is 10.2. The molecule has 1 saturated heterocycles. The van der Waals surface area contributed by atoms with Crippen LogP contribution in [0.2, 0.25) is 18.1 Å². The smallest absolute Gasteiger partial charge is 0.377 e. The SMILES string of the molecule is CC.CC(C)(C)[Si](C)(C)OC1=C(O)[C@@H]([C@@H](O)CO)OC1=O.CC1(C)OC[C@@H]([C@H]2OC(=O)C(O)=C2O)O1. The van der Waals surface area contributed by atoms with Crippen LogP contribution in [-0.4, -0.2) is 89.2 Å². The van der Waals surface area contributed by atoms with Crippen molar-refractivity contribution in [1.82, 2.24) is 0 Å². The van der Waals surface area contributed by atoms with Crippen LogP contribution < -0.4 is 0 Å². The predicted molar refractivity (Wildman–Crippen MR) is 129 cm³/mol. The normalized spacial score (nSPS) is 26.5. The van der Waals surface area contributed by atoms with E-state index in [9.17, 15) is 24.9 Å². The van der Waals surface area contributed by atoms with Crippen LogP contribution in [0.1, 0.15) is 48.5 Å². The summed E-state index contributed by atoms with van der Waals surface area (Å²) in [5, 5.41) is 46.6. The molecule has 0 radical (unpaired) electrons. The van der Waals surface area contributed by atoms with Gasteiger partial charge in [0, 0.05) is 0 Å². The zero-order valence-corrected chi connectivity index (χ0v) is 23.3. The van der Waals surface area contributed by atoms with Gasteiger partial charge in [0.1, 0.15) is 12.2 Å². The Morgan fingerprint density at radius 1 is 1.06 bits per heavy atom. The summed E-state index contributed by atoms with van der Waals surface area (Å²) in [6.45, 7) is 16.9. The van der Waals surface area contributed by atoms with Gasteiger partial charge in [-0.2, -0.15) is 0 Å². The molecule has 3 heterocycles. The summed E-state index contributed by atoms with van der Waals surface area (Å²) >= 11 is 0. The zero-order chi connectivity index (χ0) is 28.2. The van der Waals surface area contributed by atoms with Gasteiger partial charge in [0.2, 0.25) is 11.5 Å². The first-order valence-electron chi connectivity index (χ1n) is 11.7. The van der Waals surface area contributed by atoms with Crippen molar-refractivity contribution in [3.8, 4) is 0 Å². The second-order valence-electron chi connectivity index (χ2n) is 10.1. The van der Waals surface area contributed by atoms with Crippen molar-refractivity contribution >= 4 is 20.3 Å². The first kappa shape index (κ1) is 31.7. The summed E-state index contributed by atoms with van der Waals surface area (Å²) in [6.07, 6.45) is -4.17. The van der Waals surface area contributed by atoms with Gasteiger partial charge in [-0.05, 0) is 32.0 Å². The van der Waals surface area contributed by atoms with Crippen molar-refractivity contribution in [1.29, 1.82) is 0 Å². The van der Waals surface area contributed by atoms with Crippen LogP contribution >= 0.6 is 0 Å². The van der Waals surface area contributed by atoms with Crippen LogP contribution in [-0.2, 0) is 33.0 Å². The number of carbonyl (C=O) groups is 2. The van der Waals surface area contributed by atoms with Gasteiger partial charge in [-0.25, -0.2) is 9.59 Å². The van der Waals surface area contributed by atoms with E-state index in [4.69, 9.17) is 33.6 Å². The molecule has 3 rings (SSSR count). The maximum absolute atomic E-state index is 11.7. The van der Waals surface area contributed by atoms with Gasteiger partial charge in [-0.15, -0.1) is 0 Å². The van der Waals surface area contributed by atoms with Crippen molar-refractivity contribution in [3.05, 3.63) is 23.0 Å². The maximum Gasteiger partial charge on any atom is 0.377 e. The van der Waals surface area contributed by atoms with Crippen LogP contribution in [0.25, 0.3) is 0 Å². The Morgan fingerprint density at radius 2 is 1.61 bits per heavy atom. The van der Waals surface area contributed by atoms with Crippen LogP contribution in [0.5, 0.6) is 0 Å². The van der Waals surface area contributed by atoms with E-state index in [0.29, 0.717) is 0 Å². The lowest BCUT2D eigenvalue weighted by Crippen LogP contribution is -2.41. The molecule has 36 heavy (non-hydrogen) atoms. The number of aliphatic hydroxyl groups excluding tert-OH is 5. The van der Waals surface area contributed by atoms with E-state index in [0.717, 1.165) is 0 Å². The molecule has 0 aromatic carbocycles. The minimum atomic E-state index is -2.29. The van der Waals surface area contributed by atoms with Crippen LogP contribution in [0, 0.1) is 0 Å². The minimum Gasteiger partial charge on any atom is -0.536 e. The van der Waals surface area contributed by atoms with Crippen LogP contribution in [0.3, 0.4) is 0 Å². The van der Waals surface area contributed by atoms with Gasteiger partial charge in [-0.3, -0.25) is 0 Å². The number of hydrogen-bond donors (Lipinski definition) is 5. The van der Waals surface area contributed by atoms with E-state index < -0.39 is 74.3 Å². The third kappa shape index (κ3) is 7.13. The Morgan fingerprint density at radius 3 is 2.00 bits per heavy atom. The number of ether oxygens (including phenoxy) is 4. The third-order valence-electron chi connectivity index (χ3n) is 5.93. The summed E-state index contributed by atoms with van der Waals surface area (Å²) < 4.78 is 25.9. The van der Waals surface area contributed by atoms with E-state index in [2.05, 4.69) is 0 Å². The number of esters is 2. The van der Waals surface area contributed by atoms with Gasteiger partial charge < -0.3 is 48.9 Å². The van der Waals surface area contributed by atoms with Crippen LogP contribution in [0.4, 0.5) is 0 Å². The molecule has 0 aromatic heterocycles. The number of hydrogen-bond acceptors (Lipinski definition) is 12. The summed E-state index contributed by atoms with van der Waals surface area (Å²) in [6, 6.07) is 0. The van der Waals surface area contributed by atoms with Gasteiger partial charge in [0.25, 0.3) is 8.32 Å². The minimum absolute atomic E-state index is 0.145. The molecule has 12 nitrogen and oxygen atoms in total. The van der Waals surface area contributed by atoms with E-state index in [1.165, 1.54) is 0 Å². The van der Waals surface area contributed by atoms with Crippen molar-refractivity contribution < 1.29 is 58.5 Å². The van der Waals surface area contributed by atoms with E-state index >= 15 is 0 Å². The first-order valence-corrected chi connectivity index (χ1v) is 14.6. The Labute approximate surface area is 212 Å². The van der Waals surface area contributed by atoms with Crippen LogP contribution in [0.15, 0.2) is 23.0 Å². The Hall–Kier alpha value is -2.32. The van der Waals surface area contributed by atoms with Crippen molar-refractivity contribution in [2.24, 2.45) is 0 Å². The molecule has 4 atom stereocenters. The second-order valence-corrected chi connectivity index (χ2v) is 14.8. The van der Waals surface area contributed by atoms with Gasteiger partial charge in [0.15, 0.2) is 29.5 Å². The molecule has 3 aliphatic rings. The molecule has 1 fully saturated rings. The number of carbonyl (C=O) groups excluding carboxylic acids is 2. The van der Waals surface area contributed by atoms with Gasteiger partial charge in [-0.1, -0.05) is 34.6 Å². The molecule has 0 aliphatic carbocycles. The highest BCUT2D eigenvalue weighted by Gasteiger charge is 2.47. The van der Waals surface area contributed by atoms with Crippen molar-refractivity contribution in [3.63, 3.8) is 0 Å². The summed E-state index contributed by atoms with van der Waals surface area (Å²) in [5.74, 6) is -4.46. The average Bonchev–Trinajstić information content (AvgIpc) is 3.38. The average molecular weight is 537 g/mol. The molecular weight excluding hydrogens is 496 g/mol. The fourth-order valence-electron chi connectivity index (χ4n) is 2.90. The van der Waals surface area contributed by atoms with Gasteiger partial charge >= 0.3 is 11.9 Å². The molecule has 208 valence electrons. The van der Waals surface area contributed by atoms with Gasteiger partial charge in [0.05, 0.1) is 13.2 Å². The molecule has 0 aromatic rings. The fourth-order valence-corrected chi connectivity index (χ4v) is 3.90. The quantitative estimate of drug-likeness (QED) is 0.256. The standard InChI is InChI=1S/C12H22O6Si.C9H12O6.C2H6/c1-12(2,3)19(4,5)18-10-8(15)9(7(14)6-13)17-11(10)16;1-9(2)13-3-4(15-9)7-5(10)6(11)8(12)14-7;1-2/h7,9,13-15H,6H2,1-5H3;4,7,10-11H,3H2,1-2H3;1-2H3/t7-,9+;4-,7+;/m00./s1. The maximum atomic E-state index is 11.7. The molecule has 3 aliphatic heterocycles. The first-order chi connectivity index (χ1) is 16.4. The van der Waals surface area contributed by atoms with E-state index in [1.54, 1.807) is 13.8 Å². The number of aliphatic hydroxyl groups is 5. The molecule has 0 bridgehead atoms. The highest BCUT2D eigenvalue weighted by atomic mass is 28.4. The Kier molecular flexibility index (Phi) is 10.4. The van der Waals surface area contributed by atoms with Crippen molar-refractivity contribution in [2.75, 3.05) is 13.2 Å². The lowest BCUT2D eigenvalue weighted by Gasteiger charge is -2.36. The van der Waals surface area contributed by atoms with E-state index in [1.807, 2.05) is 47.7 Å². The molecule has 0 saturated carbocycles. The molecular formula is C23H40O12Si. The predicted octanol–water partition coefficient (Wildman–Crippen LogP) is 2.47. The largest absolute Gasteiger partial charge is 0.536 e. The van der Waals surface area contributed by atoms with Crippen molar-refractivity contribution in [2.45, 2.75) is 96.8 Å². The Bertz CT molecular complexity index is 871. The molecule has 0 unspecified atom stereocenters. The monoisotopic (exact) mass is 536 g/mol. The fraction of sp³-hybridized carbons (Fsp3) is 0.739. The summed E-state index contributed by atoms with van der Waals surface area (Å²) in [4.78, 5) is 22.6. The second kappa shape index (κ2) is 11.8. The Balaban J connectivity index is 0.000000344. The number of cyclic esters (lactones) is 2.